The number of hydrogen-bond donors (Lipinski definition) is 2. The lowest BCUT2D eigenvalue weighted by Crippen LogP contribution is -2.34. The summed E-state index contributed by atoms with van der Waals surface area (Å²) >= 11 is 0. The molecule has 0 bridgehead atoms. The quantitative estimate of drug-likeness (QED) is 0.829. The summed E-state index contributed by atoms with van der Waals surface area (Å²) in [5, 5.41) is 21.8. The van der Waals surface area contributed by atoms with Crippen LogP contribution < -0.4 is 5.32 Å². The molecule has 18 heavy (non-hydrogen) atoms. The van der Waals surface area contributed by atoms with Gasteiger partial charge in [-0.25, -0.2) is 0 Å². The summed E-state index contributed by atoms with van der Waals surface area (Å²) in [5.41, 5.74) is 1.90. The van der Waals surface area contributed by atoms with E-state index in [1.807, 2.05) is 23.9 Å². The molecule has 1 heterocycles. The zero-order chi connectivity index (χ0) is 13.0. The monoisotopic (exact) mass is 247 g/mol. The SMILES string of the molecule is Cn1cc(CNCC2(CO)CCCC2)cc1C#N. The third kappa shape index (κ3) is 2.74. The molecule has 0 radical (unpaired) electrons. The van der Waals surface area contributed by atoms with Gasteiger partial charge in [0.1, 0.15) is 11.8 Å². The summed E-state index contributed by atoms with van der Waals surface area (Å²) in [7, 11) is 1.88. The molecule has 2 rings (SSSR count). The van der Waals surface area contributed by atoms with Gasteiger partial charge in [0, 0.05) is 38.4 Å². The molecule has 0 unspecified atom stereocenters. The summed E-state index contributed by atoms with van der Waals surface area (Å²) in [6.07, 6.45) is 6.67. The Morgan fingerprint density at radius 3 is 2.78 bits per heavy atom. The van der Waals surface area contributed by atoms with Gasteiger partial charge in [-0.1, -0.05) is 12.8 Å². The van der Waals surface area contributed by atoms with E-state index in [2.05, 4.69) is 11.4 Å². The molecule has 0 atom stereocenters. The van der Waals surface area contributed by atoms with Gasteiger partial charge in [-0.3, -0.25) is 0 Å². The molecule has 1 aromatic heterocycles. The molecular weight excluding hydrogens is 226 g/mol. The van der Waals surface area contributed by atoms with Crippen molar-refractivity contribution in [2.75, 3.05) is 13.2 Å². The number of nitrogens with zero attached hydrogens (tertiary/aromatic N) is 2. The third-order valence-corrected chi connectivity index (χ3v) is 4.00. The van der Waals surface area contributed by atoms with Crippen molar-refractivity contribution >= 4 is 0 Å². The van der Waals surface area contributed by atoms with E-state index in [1.54, 1.807) is 0 Å². The van der Waals surface area contributed by atoms with Crippen molar-refractivity contribution in [1.29, 1.82) is 5.26 Å². The van der Waals surface area contributed by atoms with Gasteiger partial charge in [-0.05, 0) is 24.5 Å². The number of aryl methyl sites for hydroxylation is 1. The molecule has 0 aromatic carbocycles. The van der Waals surface area contributed by atoms with E-state index < -0.39 is 0 Å². The lowest BCUT2D eigenvalue weighted by molar-refractivity contribution is 0.128. The van der Waals surface area contributed by atoms with Crippen LogP contribution in [-0.4, -0.2) is 22.8 Å². The zero-order valence-electron chi connectivity index (χ0n) is 10.9. The Labute approximate surface area is 108 Å². The summed E-state index contributed by atoms with van der Waals surface area (Å²) in [6.45, 7) is 1.90. The highest BCUT2D eigenvalue weighted by Gasteiger charge is 2.32. The minimum Gasteiger partial charge on any atom is -0.396 e. The van der Waals surface area contributed by atoms with E-state index in [0.717, 1.165) is 31.5 Å². The summed E-state index contributed by atoms with van der Waals surface area (Å²) in [4.78, 5) is 0. The first-order valence-corrected chi connectivity index (χ1v) is 6.56. The van der Waals surface area contributed by atoms with Crippen LogP contribution in [0.1, 0.15) is 36.9 Å². The van der Waals surface area contributed by atoms with Crippen LogP contribution in [-0.2, 0) is 13.6 Å². The van der Waals surface area contributed by atoms with E-state index in [9.17, 15) is 5.11 Å². The Bertz CT molecular complexity index is 438. The molecule has 0 saturated heterocycles. The fourth-order valence-corrected chi connectivity index (χ4v) is 2.83. The summed E-state index contributed by atoms with van der Waals surface area (Å²) < 4.78 is 1.84. The number of aliphatic hydroxyl groups is 1. The molecule has 1 aromatic rings. The van der Waals surface area contributed by atoms with Gasteiger partial charge in [-0.2, -0.15) is 5.26 Å². The molecule has 1 fully saturated rings. The average molecular weight is 247 g/mol. The fourth-order valence-electron chi connectivity index (χ4n) is 2.83. The van der Waals surface area contributed by atoms with E-state index in [4.69, 9.17) is 5.26 Å². The largest absolute Gasteiger partial charge is 0.396 e. The first kappa shape index (κ1) is 13.1. The molecule has 0 spiro atoms. The van der Waals surface area contributed by atoms with Crippen molar-refractivity contribution in [3.05, 3.63) is 23.5 Å². The van der Waals surface area contributed by atoms with E-state index in [0.29, 0.717) is 5.69 Å². The first-order valence-electron chi connectivity index (χ1n) is 6.56. The van der Waals surface area contributed by atoms with E-state index in [1.165, 1.54) is 12.8 Å². The number of hydrogen-bond acceptors (Lipinski definition) is 3. The van der Waals surface area contributed by atoms with Crippen LogP contribution in [0.25, 0.3) is 0 Å². The molecule has 0 aliphatic heterocycles. The number of aromatic nitrogens is 1. The number of nitrogens with one attached hydrogen (secondary N) is 1. The first-order chi connectivity index (χ1) is 8.69. The topological polar surface area (TPSA) is 61.0 Å². The molecule has 98 valence electrons. The van der Waals surface area contributed by atoms with Gasteiger partial charge < -0.3 is 15.0 Å². The molecule has 1 aliphatic rings. The Balaban J connectivity index is 1.86. The lowest BCUT2D eigenvalue weighted by Gasteiger charge is -2.26. The van der Waals surface area contributed by atoms with Crippen molar-refractivity contribution in [3.8, 4) is 6.07 Å². The third-order valence-electron chi connectivity index (χ3n) is 4.00. The number of rotatable bonds is 5. The van der Waals surface area contributed by atoms with Crippen LogP contribution in [0.2, 0.25) is 0 Å². The lowest BCUT2D eigenvalue weighted by atomic mass is 9.87. The van der Waals surface area contributed by atoms with Crippen molar-refractivity contribution in [2.24, 2.45) is 12.5 Å². The Morgan fingerprint density at radius 1 is 1.50 bits per heavy atom. The van der Waals surface area contributed by atoms with E-state index in [-0.39, 0.29) is 12.0 Å². The Hall–Kier alpha value is -1.31. The van der Waals surface area contributed by atoms with Gasteiger partial charge in [0.25, 0.3) is 0 Å². The Kier molecular flexibility index (Phi) is 4.05. The summed E-state index contributed by atoms with van der Waals surface area (Å²) in [6, 6.07) is 4.07. The second-order valence-electron chi connectivity index (χ2n) is 5.43. The van der Waals surface area contributed by atoms with Gasteiger partial charge in [0.2, 0.25) is 0 Å². The Morgan fingerprint density at radius 2 is 2.22 bits per heavy atom. The predicted molar refractivity (Wildman–Crippen MR) is 69.8 cm³/mol. The smallest absolute Gasteiger partial charge is 0.120 e. The van der Waals surface area contributed by atoms with Gasteiger partial charge in [0.15, 0.2) is 0 Å². The van der Waals surface area contributed by atoms with Crippen molar-refractivity contribution in [3.63, 3.8) is 0 Å². The second kappa shape index (κ2) is 5.55. The zero-order valence-corrected chi connectivity index (χ0v) is 10.9. The minimum atomic E-state index is 0.0901. The summed E-state index contributed by atoms with van der Waals surface area (Å²) in [5.74, 6) is 0. The molecule has 1 aliphatic carbocycles. The molecule has 4 nitrogen and oxygen atoms in total. The van der Waals surface area contributed by atoms with Gasteiger partial charge >= 0.3 is 0 Å². The van der Waals surface area contributed by atoms with Crippen molar-refractivity contribution in [1.82, 2.24) is 9.88 Å². The second-order valence-corrected chi connectivity index (χ2v) is 5.43. The van der Waals surface area contributed by atoms with Crippen LogP contribution in [0.5, 0.6) is 0 Å². The van der Waals surface area contributed by atoms with Crippen LogP contribution >= 0.6 is 0 Å². The standard InChI is InChI=1S/C14H21N3O/c1-17-9-12(6-13(17)7-15)8-16-10-14(11-18)4-2-3-5-14/h6,9,16,18H,2-5,8,10-11H2,1H3. The molecule has 2 N–H and O–H groups in total. The highest BCUT2D eigenvalue weighted by molar-refractivity contribution is 5.28. The average Bonchev–Trinajstić information content (AvgIpc) is 2.97. The fraction of sp³-hybridized carbons (Fsp3) is 0.643. The maximum Gasteiger partial charge on any atom is 0.120 e. The van der Waals surface area contributed by atoms with Crippen molar-refractivity contribution in [2.45, 2.75) is 32.2 Å². The molecular formula is C14H21N3O. The highest BCUT2D eigenvalue weighted by atomic mass is 16.3. The highest BCUT2D eigenvalue weighted by Crippen LogP contribution is 2.36. The van der Waals surface area contributed by atoms with Crippen molar-refractivity contribution < 1.29 is 5.11 Å². The van der Waals surface area contributed by atoms with Crippen LogP contribution in [0.4, 0.5) is 0 Å². The molecule has 1 saturated carbocycles. The van der Waals surface area contributed by atoms with Gasteiger partial charge in [-0.15, -0.1) is 0 Å². The van der Waals surface area contributed by atoms with Crippen LogP contribution in [0, 0.1) is 16.7 Å². The molecule has 0 amide bonds. The number of aliphatic hydroxyl groups excluding tert-OH is 1. The van der Waals surface area contributed by atoms with Gasteiger partial charge in [0.05, 0.1) is 0 Å². The maximum absolute atomic E-state index is 9.51. The van der Waals surface area contributed by atoms with E-state index >= 15 is 0 Å². The van der Waals surface area contributed by atoms with Crippen LogP contribution in [0.15, 0.2) is 12.3 Å². The molecule has 4 heteroatoms. The number of nitriles is 1. The maximum atomic E-state index is 9.51. The van der Waals surface area contributed by atoms with Crippen LogP contribution in [0.3, 0.4) is 0 Å². The normalized spacial score (nSPS) is 17.8. The minimum absolute atomic E-state index is 0.0901. The predicted octanol–water partition coefficient (Wildman–Crippen LogP) is 1.54.